The third kappa shape index (κ3) is 3.57. The van der Waals surface area contributed by atoms with Gasteiger partial charge in [-0.3, -0.25) is 0 Å². The van der Waals surface area contributed by atoms with Crippen LogP contribution in [0.5, 0.6) is 5.75 Å². The fraction of sp³-hybridized carbons (Fsp3) is 0.571. The third-order valence-corrected chi connectivity index (χ3v) is 7.95. The molecule has 112 valence electrons. The lowest BCUT2D eigenvalue weighted by molar-refractivity contribution is 0.338. The molecule has 0 amide bonds. The highest BCUT2D eigenvalue weighted by Crippen LogP contribution is 2.39. The monoisotopic (exact) mass is 424 g/mol. The van der Waals surface area contributed by atoms with Gasteiger partial charge in [-0.25, -0.2) is 8.42 Å². The van der Waals surface area contributed by atoms with Crippen LogP contribution < -0.4 is 4.74 Å². The van der Waals surface area contributed by atoms with E-state index in [0.29, 0.717) is 12.4 Å². The SMILES string of the molecule is CCOc1ccc(C(Br)C2CCCCS2(=O)=O)cc1Br. The number of hydrogen-bond acceptors (Lipinski definition) is 3. The van der Waals surface area contributed by atoms with Crippen molar-refractivity contribution >= 4 is 41.7 Å². The van der Waals surface area contributed by atoms with Gasteiger partial charge in [-0.05, 0) is 53.4 Å². The van der Waals surface area contributed by atoms with E-state index in [1.165, 1.54) is 0 Å². The van der Waals surface area contributed by atoms with Crippen molar-refractivity contribution in [2.75, 3.05) is 12.4 Å². The Labute approximate surface area is 137 Å². The zero-order valence-electron chi connectivity index (χ0n) is 11.3. The molecule has 1 aromatic carbocycles. The molecule has 0 aromatic heterocycles. The predicted octanol–water partition coefficient (Wildman–Crippen LogP) is 4.25. The van der Waals surface area contributed by atoms with Crippen LogP contribution in [0.25, 0.3) is 0 Å². The quantitative estimate of drug-likeness (QED) is 0.677. The summed E-state index contributed by atoms with van der Waals surface area (Å²) in [6, 6.07) is 5.75. The van der Waals surface area contributed by atoms with Crippen molar-refractivity contribution in [2.45, 2.75) is 36.3 Å². The van der Waals surface area contributed by atoms with Gasteiger partial charge in [0.05, 0.1) is 26.9 Å². The van der Waals surface area contributed by atoms with Crippen LogP contribution in [0.2, 0.25) is 0 Å². The summed E-state index contributed by atoms with van der Waals surface area (Å²) in [6.07, 6.45) is 2.48. The minimum atomic E-state index is -3.00. The zero-order valence-corrected chi connectivity index (χ0v) is 15.3. The van der Waals surface area contributed by atoms with E-state index in [9.17, 15) is 8.42 Å². The van der Waals surface area contributed by atoms with Crippen LogP contribution in [0.15, 0.2) is 22.7 Å². The summed E-state index contributed by atoms with van der Waals surface area (Å²) in [4.78, 5) is -0.167. The van der Waals surface area contributed by atoms with Gasteiger partial charge in [0, 0.05) is 0 Å². The van der Waals surface area contributed by atoms with Gasteiger partial charge in [-0.2, -0.15) is 0 Å². The second-order valence-corrected chi connectivity index (χ2v) is 9.11. The van der Waals surface area contributed by atoms with E-state index < -0.39 is 9.84 Å². The minimum Gasteiger partial charge on any atom is -0.493 e. The molecular formula is C14H18Br2O3S. The Morgan fingerprint density at radius 3 is 2.75 bits per heavy atom. The molecule has 2 unspecified atom stereocenters. The molecule has 3 nitrogen and oxygen atoms in total. The van der Waals surface area contributed by atoms with E-state index in [1.807, 2.05) is 25.1 Å². The molecule has 6 heteroatoms. The standard InChI is InChI=1S/C14H18Br2O3S/c1-2-19-12-7-6-10(9-11(12)15)14(16)13-5-3-4-8-20(13,17)18/h6-7,9,13-14H,2-5,8H2,1H3. The van der Waals surface area contributed by atoms with Crippen LogP contribution >= 0.6 is 31.9 Å². The largest absolute Gasteiger partial charge is 0.493 e. The van der Waals surface area contributed by atoms with Gasteiger partial charge < -0.3 is 4.74 Å². The van der Waals surface area contributed by atoms with Crippen LogP contribution in [0.3, 0.4) is 0 Å². The topological polar surface area (TPSA) is 43.4 Å². The Hall–Kier alpha value is -0.0700. The number of alkyl halides is 1. The first kappa shape index (κ1) is 16.3. The molecule has 2 rings (SSSR count). The minimum absolute atomic E-state index is 0.167. The highest BCUT2D eigenvalue weighted by Gasteiger charge is 2.35. The van der Waals surface area contributed by atoms with Crippen LogP contribution in [0, 0.1) is 0 Å². The summed E-state index contributed by atoms with van der Waals surface area (Å²) in [6.45, 7) is 2.54. The first-order chi connectivity index (χ1) is 9.45. The van der Waals surface area contributed by atoms with Crippen molar-refractivity contribution < 1.29 is 13.2 Å². The summed E-state index contributed by atoms with van der Waals surface area (Å²) >= 11 is 7.05. The fourth-order valence-electron chi connectivity index (χ4n) is 2.48. The fourth-order valence-corrected chi connectivity index (χ4v) is 6.49. The molecule has 20 heavy (non-hydrogen) atoms. The Balaban J connectivity index is 2.24. The molecule has 0 aliphatic carbocycles. The number of ether oxygens (including phenoxy) is 1. The average Bonchev–Trinajstić information content (AvgIpc) is 2.40. The second kappa shape index (κ2) is 6.79. The van der Waals surface area contributed by atoms with E-state index >= 15 is 0 Å². The molecule has 0 bridgehead atoms. The molecule has 1 saturated heterocycles. The highest BCUT2D eigenvalue weighted by atomic mass is 79.9. The van der Waals surface area contributed by atoms with Crippen LogP contribution in [0.1, 0.15) is 36.6 Å². The predicted molar refractivity (Wildman–Crippen MR) is 88.4 cm³/mol. The summed E-state index contributed by atoms with van der Waals surface area (Å²) in [5, 5.41) is -0.332. The van der Waals surface area contributed by atoms with Gasteiger partial charge in [0.2, 0.25) is 0 Å². The van der Waals surface area contributed by atoms with Crippen molar-refractivity contribution in [1.29, 1.82) is 0 Å². The van der Waals surface area contributed by atoms with Crippen molar-refractivity contribution in [3.63, 3.8) is 0 Å². The molecule has 1 aliphatic rings. The number of rotatable bonds is 4. The number of hydrogen-bond donors (Lipinski definition) is 0. The Kier molecular flexibility index (Phi) is 5.54. The maximum Gasteiger partial charge on any atom is 0.154 e. The smallest absolute Gasteiger partial charge is 0.154 e. The van der Waals surface area contributed by atoms with E-state index in [2.05, 4.69) is 31.9 Å². The van der Waals surface area contributed by atoms with Gasteiger partial charge in [0.1, 0.15) is 5.75 Å². The molecule has 1 fully saturated rings. The number of benzene rings is 1. The summed E-state index contributed by atoms with van der Waals surface area (Å²) < 4.78 is 30.7. The maximum absolute atomic E-state index is 12.2. The lowest BCUT2D eigenvalue weighted by Gasteiger charge is -2.27. The lowest BCUT2D eigenvalue weighted by Crippen LogP contribution is -2.31. The van der Waals surface area contributed by atoms with Gasteiger partial charge in [-0.1, -0.05) is 28.4 Å². The Morgan fingerprint density at radius 1 is 1.40 bits per heavy atom. The van der Waals surface area contributed by atoms with Crippen molar-refractivity contribution in [3.8, 4) is 5.75 Å². The Bertz CT molecular complexity index is 572. The van der Waals surface area contributed by atoms with Gasteiger partial charge in [0.25, 0.3) is 0 Å². The summed E-state index contributed by atoms with van der Waals surface area (Å²) in [7, 11) is -3.00. The van der Waals surface area contributed by atoms with Gasteiger partial charge in [0.15, 0.2) is 9.84 Å². The van der Waals surface area contributed by atoms with Crippen molar-refractivity contribution in [1.82, 2.24) is 0 Å². The van der Waals surface area contributed by atoms with Crippen molar-refractivity contribution in [3.05, 3.63) is 28.2 Å². The summed E-state index contributed by atoms with van der Waals surface area (Å²) in [5.74, 6) is 1.08. The normalized spacial score (nSPS) is 23.2. The second-order valence-electron chi connectivity index (χ2n) is 4.93. The first-order valence-electron chi connectivity index (χ1n) is 6.73. The van der Waals surface area contributed by atoms with Gasteiger partial charge >= 0.3 is 0 Å². The molecule has 1 heterocycles. The molecule has 1 aliphatic heterocycles. The van der Waals surface area contributed by atoms with Gasteiger partial charge in [-0.15, -0.1) is 0 Å². The van der Waals surface area contributed by atoms with Crippen LogP contribution in [0.4, 0.5) is 0 Å². The first-order valence-corrected chi connectivity index (χ1v) is 10.2. The zero-order chi connectivity index (χ0) is 14.8. The molecule has 1 aromatic rings. The third-order valence-electron chi connectivity index (χ3n) is 3.53. The van der Waals surface area contributed by atoms with Crippen molar-refractivity contribution in [2.24, 2.45) is 0 Å². The molecule has 0 spiro atoms. The highest BCUT2D eigenvalue weighted by molar-refractivity contribution is 9.10. The lowest BCUT2D eigenvalue weighted by atomic mass is 10.1. The van der Waals surface area contributed by atoms with Crippen LogP contribution in [-0.2, 0) is 9.84 Å². The van der Waals surface area contributed by atoms with E-state index in [1.54, 1.807) is 0 Å². The number of sulfone groups is 1. The number of halogens is 2. The molecule has 0 radical (unpaired) electrons. The summed E-state index contributed by atoms with van der Waals surface area (Å²) in [5.41, 5.74) is 0.968. The van der Waals surface area contributed by atoms with E-state index in [4.69, 9.17) is 4.74 Å². The maximum atomic E-state index is 12.2. The van der Waals surface area contributed by atoms with E-state index in [0.717, 1.165) is 35.0 Å². The van der Waals surface area contributed by atoms with Crippen LogP contribution in [-0.4, -0.2) is 26.0 Å². The average molecular weight is 426 g/mol. The molecule has 2 atom stereocenters. The molecular weight excluding hydrogens is 408 g/mol. The molecule has 0 saturated carbocycles. The Morgan fingerprint density at radius 2 is 2.15 bits per heavy atom. The van der Waals surface area contributed by atoms with E-state index in [-0.39, 0.29) is 10.1 Å². The molecule has 0 N–H and O–H groups in total.